The number of nitrogens with zero attached hydrogens (tertiary/aromatic N) is 1. The van der Waals surface area contributed by atoms with Crippen molar-refractivity contribution in [3.8, 4) is 0 Å². The summed E-state index contributed by atoms with van der Waals surface area (Å²) in [6.07, 6.45) is 8.99. The highest BCUT2D eigenvalue weighted by Gasteiger charge is 2.37. The van der Waals surface area contributed by atoms with Crippen molar-refractivity contribution in [2.45, 2.75) is 51.5 Å². The number of anilines is 1. The number of rotatable bonds is 7. The number of hydroxylamine groups is 1. The van der Waals surface area contributed by atoms with Crippen LogP contribution in [0, 0.1) is 5.41 Å². The Kier molecular flexibility index (Phi) is 6.16. The van der Waals surface area contributed by atoms with Gasteiger partial charge in [0.05, 0.1) is 0 Å². The van der Waals surface area contributed by atoms with Gasteiger partial charge >= 0.3 is 0 Å². The zero-order chi connectivity index (χ0) is 19.3. The summed E-state index contributed by atoms with van der Waals surface area (Å²) < 4.78 is 0. The van der Waals surface area contributed by atoms with Crippen LogP contribution in [0.1, 0.15) is 51.0 Å². The molecule has 27 heavy (non-hydrogen) atoms. The predicted molar refractivity (Wildman–Crippen MR) is 105 cm³/mol. The number of piperidine rings is 1. The van der Waals surface area contributed by atoms with Gasteiger partial charge in [0.1, 0.15) is 0 Å². The van der Waals surface area contributed by atoms with Crippen LogP contribution in [0.3, 0.4) is 0 Å². The third-order valence-corrected chi connectivity index (χ3v) is 5.72. The van der Waals surface area contributed by atoms with Gasteiger partial charge < -0.3 is 10.2 Å². The van der Waals surface area contributed by atoms with Crippen LogP contribution in [-0.2, 0) is 9.59 Å². The molecule has 2 fully saturated rings. The summed E-state index contributed by atoms with van der Waals surface area (Å²) in [5.74, 6) is -0.369. The van der Waals surface area contributed by atoms with E-state index >= 15 is 0 Å². The van der Waals surface area contributed by atoms with Gasteiger partial charge in [0.2, 0.25) is 5.91 Å². The normalized spacial score (nSPS) is 19.1. The van der Waals surface area contributed by atoms with Crippen molar-refractivity contribution in [1.82, 2.24) is 10.8 Å². The molecule has 3 rings (SSSR count). The Hall–Kier alpha value is -2.34. The van der Waals surface area contributed by atoms with Crippen LogP contribution in [0.15, 0.2) is 30.3 Å². The molecule has 0 bridgehead atoms. The number of carbonyl (C=O) groups is 2. The maximum Gasteiger partial charge on any atom is 0.267 e. The number of carbonyl (C=O) groups excluding carboxylic acids is 2. The molecule has 1 aromatic rings. The van der Waals surface area contributed by atoms with Crippen LogP contribution in [0.5, 0.6) is 0 Å². The highest BCUT2D eigenvalue weighted by molar-refractivity contribution is 5.91. The first-order chi connectivity index (χ1) is 13.0. The maximum absolute atomic E-state index is 12.2. The fraction of sp³-hybridized carbons (Fsp3) is 0.524. The number of nitrogens with one attached hydrogen (secondary N) is 2. The maximum atomic E-state index is 12.2. The van der Waals surface area contributed by atoms with Crippen molar-refractivity contribution in [2.75, 3.05) is 18.0 Å². The van der Waals surface area contributed by atoms with Crippen molar-refractivity contribution in [3.63, 3.8) is 0 Å². The van der Waals surface area contributed by atoms with Crippen LogP contribution in [0.25, 0.3) is 6.08 Å². The van der Waals surface area contributed by atoms with Crippen LogP contribution >= 0.6 is 0 Å². The minimum Gasteiger partial charge on any atom is -0.371 e. The molecule has 146 valence electrons. The fourth-order valence-corrected chi connectivity index (χ4v) is 3.56. The summed E-state index contributed by atoms with van der Waals surface area (Å²) in [4.78, 5) is 25.7. The number of hydrogen-bond acceptors (Lipinski definition) is 4. The Morgan fingerprint density at radius 2 is 1.96 bits per heavy atom. The Morgan fingerprint density at radius 3 is 2.63 bits per heavy atom. The van der Waals surface area contributed by atoms with Crippen molar-refractivity contribution < 1.29 is 14.8 Å². The van der Waals surface area contributed by atoms with E-state index in [1.807, 2.05) is 24.3 Å². The fourth-order valence-electron chi connectivity index (χ4n) is 3.56. The molecule has 6 heteroatoms. The van der Waals surface area contributed by atoms with E-state index in [2.05, 4.69) is 17.1 Å². The molecule has 0 spiro atoms. The van der Waals surface area contributed by atoms with E-state index in [1.54, 1.807) is 11.6 Å². The molecule has 2 amide bonds. The predicted octanol–water partition coefficient (Wildman–Crippen LogP) is 2.87. The Bertz CT molecular complexity index is 704. The minimum atomic E-state index is -0.550. The lowest BCUT2D eigenvalue weighted by atomic mass is 10.0. The molecular weight excluding hydrogens is 342 g/mol. The Morgan fingerprint density at radius 1 is 1.26 bits per heavy atom. The zero-order valence-corrected chi connectivity index (χ0v) is 15.9. The Labute approximate surface area is 160 Å². The average molecular weight is 371 g/mol. The monoisotopic (exact) mass is 371 g/mol. The number of hydrogen-bond donors (Lipinski definition) is 3. The van der Waals surface area contributed by atoms with Gasteiger partial charge in [-0.25, -0.2) is 5.48 Å². The molecule has 0 aromatic heterocycles. The molecule has 1 aliphatic heterocycles. The molecule has 0 radical (unpaired) electrons. The molecule has 2 aliphatic rings. The van der Waals surface area contributed by atoms with Gasteiger partial charge in [-0.05, 0) is 55.2 Å². The van der Waals surface area contributed by atoms with Crippen molar-refractivity contribution in [2.24, 2.45) is 5.41 Å². The van der Waals surface area contributed by atoms with Crippen LogP contribution < -0.4 is 15.7 Å². The smallest absolute Gasteiger partial charge is 0.267 e. The van der Waals surface area contributed by atoms with Crippen molar-refractivity contribution in [3.05, 3.63) is 35.9 Å². The summed E-state index contributed by atoms with van der Waals surface area (Å²) in [5.41, 5.74) is 4.02. The lowest BCUT2D eigenvalue weighted by Crippen LogP contribution is -2.44. The van der Waals surface area contributed by atoms with Gasteiger partial charge in [0, 0.05) is 37.3 Å². The van der Waals surface area contributed by atoms with Gasteiger partial charge in [0.15, 0.2) is 0 Å². The van der Waals surface area contributed by atoms with E-state index in [1.165, 1.54) is 18.9 Å². The van der Waals surface area contributed by atoms with E-state index < -0.39 is 5.91 Å². The van der Waals surface area contributed by atoms with Gasteiger partial charge in [-0.3, -0.25) is 14.8 Å². The SMILES string of the molecule is CC1(CCC(=O)NC2CCN(c3ccccc3C=CC(=O)NO)CC2)CC1. The van der Waals surface area contributed by atoms with Crippen LogP contribution in [-0.4, -0.2) is 36.2 Å². The van der Waals surface area contributed by atoms with E-state index in [-0.39, 0.29) is 11.9 Å². The summed E-state index contributed by atoms with van der Waals surface area (Å²) >= 11 is 0. The van der Waals surface area contributed by atoms with E-state index in [0.717, 1.165) is 43.6 Å². The lowest BCUT2D eigenvalue weighted by molar-refractivity contribution is -0.124. The topological polar surface area (TPSA) is 81.7 Å². The average Bonchev–Trinajstić information content (AvgIpc) is 3.43. The van der Waals surface area contributed by atoms with Crippen LogP contribution in [0.4, 0.5) is 5.69 Å². The second kappa shape index (κ2) is 8.57. The van der Waals surface area contributed by atoms with Gasteiger partial charge in [-0.2, -0.15) is 0 Å². The summed E-state index contributed by atoms with van der Waals surface area (Å²) in [5, 5.41) is 11.8. The first-order valence-electron chi connectivity index (χ1n) is 9.75. The second-order valence-corrected chi connectivity index (χ2v) is 8.01. The Balaban J connectivity index is 1.51. The lowest BCUT2D eigenvalue weighted by Gasteiger charge is -2.35. The largest absolute Gasteiger partial charge is 0.371 e. The summed E-state index contributed by atoms with van der Waals surface area (Å²) in [7, 11) is 0. The summed E-state index contributed by atoms with van der Waals surface area (Å²) in [6, 6.07) is 8.12. The standard InChI is InChI=1S/C21H29N3O3/c1-21(12-13-21)11-8-19(25)22-17-9-14-24(15-10-17)18-5-3-2-4-16(18)6-7-20(26)23-27/h2-7,17,27H,8-15H2,1H3,(H,22,25)(H,23,26). The molecule has 1 heterocycles. The van der Waals surface area contributed by atoms with Crippen molar-refractivity contribution >= 4 is 23.6 Å². The summed E-state index contributed by atoms with van der Waals surface area (Å²) in [6.45, 7) is 3.98. The third kappa shape index (κ3) is 5.57. The molecule has 1 aromatic carbocycles. The van der Waals surface area contributed by atoms with Gasteiger partial charge in [-0.1, -0.05) is 25.1 Å². The first-order valence-corrected chi connectivity index (χ1v) is 9.75. The number of amides is 2. The molecule has 6 nitrogen and oxygen atoms in total. The van der Waals surface area contributed by atoms with Gasteiger partial charge in [-0.15, -0.1) is 0 Å². The van der Waals surface area contributed by atoms with E-state index in [0.29, 0.717) is 11.8 Å². The molecular formula is C21H29N3O3. The minimum absolute atomic E-state index is 0.180. The quantitative estimate of drug-likeness (QED) is 0.391. The molecule has 3 N–H and O–H groups in total. The number of para-hydroxylation sites is 1. The molecule has 1 aliphatic carbocycles. The van der Waals surface area contributed by atoms with Crippen LogP contribution in [0.2, 0.25) is 0 Å². The highest BCUT2D eigenvalue weighted by Crippen LogP contribution is 2.48. The zero-order valence-electron chi connectivity index (χ0n) is 15.9. The highest BCUT2D eigenvalue weighted by atomic mass is 16.5. The first kappa shape index (κ1) is 19.4. The molecule has 1 saturated heterocycles. The second-order valence-electron chi connectivity index (χ2n) is 8.01. The van der Waals surface area contributed by atoms with E-state index in [9.17, 15) is 9.59 Å². The van der Waals surface area contributed by atoms with E-state index in [4.69, 9.17) is 5.21 Å². The van der Waals surface area contributed by atoms with Gasteiger partial charge in [0.25, 0.3) is 5.91 Å². The third-order valence-electron chi connectivity index (χ3n) is 5.72. The molecule has 0 atom stereocenters. The molecule has 0 unspecified atom stereocenters. The number of benzene rings is 1. The molecule has 1 saturated carbocycles. The van der Waals surface area contributed by atoms with Crippen molar-refractivity contribution in [1.29, 1.82) is 0 Å².